The SMILES string of the molecule is CCn1c(O)c(C(=O)COc2c(Cl)c(Cl)c(Cl)c(Cl)c2Cl)c(C)c(C#N)c1=O. The standard InChI is InChI=1S/C17H11Cl5N2O4/c1-3-24-16(26)7(4-23)6(2)9(17(24)27)8(25)5-28-15-13(21)11(19)10(18)12(20)14(15)22/h27H,3,5H2,1-2H3. The lowest BCUT2D eigenvalue weighted by atomic mass is 10.0. The van der Waals surface area contributed by atoms with Gasteiger partial charge in [-0.1, -0.05) is 58.0 Å². The number of ether oxygens (including phenoxy) is 1. The Balaban J connectivity index is 2.49. The highest BCUT2D eigenvalue weighted by atomic mass is 35.5. The normalized spacial score (nSPS) is 10.6. The number of pyridine rings is 1. The average Bonchev–Trinajstić information content (AvgIpc) is 2.65. The molecule has 0 unspecified atom stereocenters. The van der Waals surface area contributed by atoms with Crippen molar-refractivity contribution in [3.05, 3.63) is 52.2 Å². The number of nitrogens with zero attached hydrogens (tertiary/aromatic N) is 2. The van der Waals surface area contributed by atoms with E-state index in [0.717, 1.165) is 4.57 Å². The number of rotatable bonds is 5. The molecule has 11 heteroatoms. The molecule has 148 valence electrons. The number of hydrogen-bond donors (Lipinski definition) is 1. The highest BCUT2D eigenvalue weighted by Gasteiger charge is 2.26. The highest BCUT2D eigenvalue weighted by molar-refractivity contribution is 6.55. The Hall–Kier alpha value is -1.62. The van der Waals surface area contributed by atoms with Gasteiger partial charge in [0, 0.05) is 6.54 Å². The predicted molar refractivity (Wildman–Crippen MR) is 109 cm³/mol. The van der Waals surface area contributed by atoms with Gasteiger partial charge in [0.05, 0.1) is 20.6 Å². The van der Waals surface area contributed by atoms with Crippen LogP contribution in [0.2, 0.25) is 25.1 Å². The van der Waals surface area contributed by atoms with Crippen LogP contribution in [0, 0.1) is 18.3 Å². The summed E-state index contributed by atoms with van der Waals surface area (Å²) in [6.07, 6.45) is 0. The first-order chi connectivity index (χ1) is 13.1. The third-order valence-corrected chi connectivity index (χ3v) is 6.15. The zero-order valence-corrected chi connectivity index (χ0v) is 18.2. The quantitative estimate of drug-likeness (QED) is 0.354. The van der Waals surface area contributed by atoms with Crippen molar-refractivity contribution in [3.8, 4) is 17.7 Å². The van der Waals surface area contributed by atoms with Gasteiger partial charge in [-0.25, -0.2) is 0 Å². The van der Waals surface area contributed by atoms with Crippen LogP contribution in [0.15, 0.2) is 4.79 Å². The molecule has 0 spiro atoms. The van der Waals surface area contributed by atoms with Crippen LogP contribution in [0.5, 0.6) is 11.6 Å². The third-order valence-electron chi connectivity index (χ3n) is 3.91. The molecule has 6 nitrogen and oxygen atoms in total. The van der Waals surface area contributed by atoms with Gasteiger partial charge in [0.15, 0.2) is 12.4 Å². The first-order valence-corrected chi connectivity index (χ1v) is 9.51. The predicted octanol–water partition coefficient (Wildman–Crippen LogP) is 5.28. The van der Waals surface area contributed by atoms with Gasteiger partial charge in [-0.15, -0.1) is 0 Å². The Kier molecular flexibility index (Phi) is 7.13. The first kappa shape index (κ1) is 22.7. The van der Waals surface area contributed by atoms with E-state index in [0.29, 0.717) is 0 Å². The fourth-order valence-corrected chi connectivity index (χ4v) is 3.73. The van der Waals surface area contributed by atoms with E-state index in [1.165, 1.54) is 6.92 Å². The monoisotopic (exact) mass is 482 g/mol. The second kappa shape index (κ2) is 8.81. The number of carbonyl (C=O) groups excluding carboxylic acids is 1. The lowest BCUT2D eigenvalue weighted by molar-refractivity contribution is 0.0916. The van der Waals surface area contributed by atoms with Crippen molar-refractivity contribution in [2.75, 3.05) is 6.61 Å². The topological polar surface area (TPSA) is 92.3 Å². The van der Waals surface area contributed by atoms with Crippen LogP contribution in [0.4, 0.5) is 0 Å². The van der Waals surface area contributed by atoms with Gasteiger partial charge in [0.25, 0.3) is 5.56 Å². The molecule has 0 fully saturated rings. The highest BCUT2D eigenvalue weighted by Crippen LogP contribution is 2.48. The minimum absolute atomic E-state index is 0.0349. The number of aromatic hydroxyl groups is 1. The molecular weight excluding hydrogens is 473 g/mol. The molecule has 0 atom stereocenters. The molecule has 1 aromatic carbocycles. The van der Waals surface area contributed by atoms with E-state index in [1.807, 2.05) is 0 Å². The summed E-state index contributed by atoms with van der Waals surface area (Å²) in [5.74, 6) is -1.46. The van der Waals surface area contributed by atoms with Gasteiger partial charge >= 0.3 is 0 Å². The van der Waals surface area contributed by atoms with Crippen molar-refractivity contribution in [2.45, 2.75) is 20.4 Å². The van der Waals surface area contributed by atoms with Crippen LogP contribution in [-0.4, -0.2) is 22.1 Å². The summed E-state index contributed by atoms with van der Waals surface area (Å²) in [6, 6.07) is 1.74. The van der Waals surface area contributed by atoms with Crippen molar-refractivity contribution < 1.29 is 14.6 Å². The molecule has 0 aliphatic rings. The maximum absolute atomic E-state index is 12.7. The van der Waals surface area contributed by atoms with E-state index in [9.17, 15) is 20.0 Å². The second-order valence-electron chi connectivity index (χ2n) is 5.47. The van der Waals surface area contributed by atoms with Gasteiger partial charge < -0.3 is 9.84 Å². The Bertz CT molecular complexity index is 1060. The fourth-order valence-electron chi connectivity index (χ4n) is 2.50. The number of carbonyl (C=O) groups is 1. The lowest BCUT2D eigenvalue weighted by Crippen LogP contribution is -2.27. The first-order valence-electron chi connectivity index (χ1n) is 7.62. The fraction of sp³-hybridized carbons (Fsp3) is 0.235. The van der Waals surface area contributed by atoms with Gasteiger partial charge in [-0.05, 0) is 19.4 Å². The number of hydrogen-bond acceptors (Lipinski definition) is 5. The molecule has 0 saturated heterocycles. The summed E-state index contributed by atoms with van der Waals surface area (Å²) in [7, 11) is 0. The maximum Gasteiger partial charge on any atom is 0.271 e. The average molecular weight is 485 g/mol. The molecule has 1 aromatic heterocycles. The molecule has 28 heavy (non-hydrogen) atoms. The summed E-state index contributed by atoms with van der Waals surface area (Å²) in [5.41, 5.74) is -1.14. The van der Waals surface area contributed by atoms with Gasteiger partial charge in [-0.3, -0.25) is 14.2 Å². The molecule has 2 rings (SSSR count). The summed E-state index contributed by atoms with van der Waals surface area (Å²) in [6.45, 7) is 2.39. The van der Waals surface area contributed by atoms with Crippen molar-refractivity contribution >= 4 is 63.8 Å². The second-order valence-corrected chi connectivity index (χ2v) is 7.36. The minimum atomic E-state index is -0.719. The van der Waals surface area contributed by atoms with Crippen molar-refractivity contribution in [1.29, 1.82) is 5.26 Å². The van der Waals surface area contributed by atoms with E-state index in [-0.39, 0.29) is 54.1 Å². The largest absolute Gasteiger partial charge is 0.494 e. The van der Waals surface area contributed by atoms with Crippen LogP contribution in [-0.2, 0) is 6.54 Å². The van der Waals surface area contributed by atoms with E-state index in [4.69, 9.17) is 62.7 Å². The number of ketones is 1. The molecule has 1 N–H and O–H groups in total. The van der Waals surface area contributed by atoms with Gasteiger partial charge in [0.2, 0.25) is 11.7 Å². The molecule has 0 radical (unpaired) electrons. The maximum atomic E-state index is 12.7. The molecular formula is C17H11Cl5N2O4. The Labute approximate surface area is 184 Å². The van der Waals surface area contributed by atoms with Crippen molar-refractivity contribution in [3.63, 3.8) is 0 Å². The number of benzene rings is 1. The van der Waals surface area contributed by atoms with Crippen LogP contribution in [0.1, 0.15) is 28.4 Å². The van der Waals surface area contributed by atoms with Crippen molar-refractivity contribution in [1.82, 2.24) is 4.57 Å². The van der Waals surface area contributed by atoms with Crippen molar-refractivity contribution in [2.24, 2.45) is 0 Å². The molecule has 0 aliphatic carbocycles. The zero-order valence-electron chi connectivity index (χ0n) is 14.4. The van der Waals surface area contributed by atoms with Gasteiger partial charge in [0.1, 0.15) is 21.7 Å². The number of Topliss-reactive ketones (excluding diaryl/α,β-unsaturated/α-hetero) is 1. The molecule has 0 saturated carbocycles. The molecule has 0 aliphatic heterocycles. The van der Waals surface area contributed by atoms with Crippen LogP contribution in [0.25, 0.3) is 0 Å². The van der Waals surface area contributed by atoms with E-state index in [1.54, 1.807) is 13.0 Å². The zero-order chi connectivity index (χ0) is 21.3. The smallest absolute Gasteiger partial charge is 0.271 e. The Morgan fingerprint density at radius 2 is 1.61 bits per heavy atom. The van der Waals surface area contributed by atoms with E-state index < -0.39 is 23.8 Å². The van der Waals surface area contributed by atoms with Crippen LogP contribution in [0.3, 0.4) is 0 Å². The molecule has 0 bridgehead atoms. The summed E-state index contributed by atoms with van der Waals surface area (Å²) < 4.78 is 6.28. The van der Waals surface area contributed by atoms with E-state index in [2.05, 4.69) is 0 Å². The molecule has 1 heterocycles. The number of halogens is 5. The summed E-state index contributed by atoms with van der Waals surface area (Å²) >= 11 is 29.9. The van der Waals surface area contributed by atoms with E-state index >= 15 is 0 Å². The third kappa shape index (κ3) is 3.78. The van der Waals surface area contributed by atoms with Crippen LogP contribution < -0.4 is 10.3 Å². The summed E-state index contributed by atoms with van der Waals surface area (Å²) in [4.78, 5) is 24.9. The molecule has 2 aromatic rings. The Morgan fingerprint density at radius 1 is 1.11 bits per heavy atom. The van der Waals surface area contributed by atoms with Gasteiger partial charge in [-0.2, -0.15) is 5.26 Å². The number of nitriles is 1. The Morgan fingerprint density at radius 3 is 2.07 bits per heavy atom. The summed E-state index contributed by atoms with van der Waals surface area (Å²) in [5, 5.41) is 19.0. The lowest BCUT2D eigenvalue weighted by Gasteiger charge is -2.16. The molecule has 0 amide bonds. The van der Waals surface area contributed by atoms with Crippen LogP contribution >= 0.6 is 58.0 Å². The minimum Gasteiger partial charge on any atom is -0.494 e. The number of aromatic nitrogens is 1.